The molecule has 2 fully saturated rings. The molecule has 0 aromatic heterocycles. The van der Waals surface area contributed by atoms with E-state index >= 15 is 0 Å². The van der Waals surface area contributed by atoms with E-state index in [2.05, 4.69) is 0 Å². The van der Waals surface area contributed by atoms with Crippen LogP contribution in [0, 0.1) is 0 Å². The van der Waals surface area contributed by atoms with Gasteiger partial charge < -0.3 is 29.2 Å². The third-order valence-corrected chi connectivity index (χ3v) is 4.85. The van der Waals surface area contributed by atoms with E-state index in [1.165, 1.54) is 6.42 Å². The molecule has 0 spiro atoms. The summed E-state index contributed by atoms with van der Waals surface area (Å²) in [7, 11) is 0. The van der Waals surface area contributed by atoms with Gasteiger partial charge in [-0.15, -0.1) is 0 Å². The fraction of sp³-hybridized carbons (Fsp3) is 1.00. The molecule has 2 saturated carbocycles. The van der Waals surface area contributed by atoms with Gasteiger partial charge in [0.15, 0.2) is 0 Å². The van der Waals surface area contributed by atoms with E-state index in [1.807, 2.05) is 0 Å². The van der Waals surface area contributed by atoms with Crippen molar-refractivity contribution in [2.75, 3.05) is 39.6 Å². The van der Waals surface area contributed by atoms with Gasteiger partial charge in [-0.05, 0) is 25.7 Å². The minimum Gasteiger partial charge on any atom is -0.394 e. The second-order valence-corrected chi connectivity index (χ2v) is 6.70. The molecule has 142 valence electrons. The summed E-state index contributed by atoms with van der Waals surface area (Å²) in [6.07, 6.45) is 8.25. The fourth-order valence-corrected chi connectivity index (χ4v) is 3.54. The molecular weight excluding hydrogens is 312 g/mol. The summed E-state index contributed by atoms with van der Waals surface area (Å²) < 4.78 is 22.8. The highest BCUT2D eigenvalue weighted by Gasteiger charge is 2.26. The molecule has 0 aromatic rings. The van der Waals surface area contributed by atoms with Gasteiger partial charge in [0.25, 0.3) is 0 Å². The molecule has 6 heteroatoms. The first-order chi connectivity index (χ1) is 11.8. The van der Waals surface area contributed by atoms with E-state index in [0.29, 0.717) is 33.0 Å². The lowest BCUT2D eigenvalue weighted by molar-refractivity contribution is -0.110. The molecule has 0 unspecified atom stereocenters. The van der Waals surface area contributed by atoms with Crippen LogP contribution in [-0.4, -0.2) is 74.3 Å². The molecule has 0 aromatic carbocycles. The molecule has 2 rings (SSSR count). The molecular formula is C18H34O6. The smallest absolute Gasteiger partial charge is 0.0837 e. The van der Waals surface area contributed by atoms with Crippen LogP contribution in [0.15, 0.2) is 0 Å². The second kappa shape index (κ2) is 12.2. The van der Waals surface area contributed by atoms with E-state index < -0.39 is 0 Å². The van der Waals surface area contributed by atoms with Crippen LogP contribution in [0.25, 0.3) is 0 Å². The van der Waals surface area contributed by atoms with Crippen LogP contribution in [0.4, 0.5) is 0 Å². The number of hydrogen-bond acceptors (Lipinski definition) is 6. The highest BCUT2D eigenvalue weighted by Crippen LogP contribution is 2.24. The largest absolute Gasteiger partial charge is 0.394 e. The van der Waals surface area contributed by atoms with Crippen molar-refractivity contribution in [2.45, 2.75) is 75.8 Å². The summed E-state index contributed by atoms with van der Waals surface area (Å²) in [5, 5.41) is 18.7. The maximum Gasteiger partial charge on any atom is 0.0837 e. The molecule has 2 aliphatic rings. The quantitative estimate of drug-likeness (QED) is 0.554. The van der Waals surface area contributed by atoms with Gasteiger partial charge in [-0.1, -0.05) is 25.7 Å². The van der Waals surface area contributed by atoms with Crippen molar-refractivity contribution in [3.63, 3.8) is 0 Å². The van der Waals surface area contributed by atoms with Crippen LogP contribution in [0.1, 0.15) is 51.4 Å². The van der Waals surface area contributed by atoms with Crippen molar-refractivity contribution in [1.82, 2.24) is 0 Å². The number of hydrogen-bond donors (Lipinski definition) is 2. The van der Waals surface area contributed by atoms with E-state index in [1.54, 1.807) is 0 Å². The Morgan fingerprint density at radius 2 is 1.12 bits per heavy atom. The van der Waals surface area contributed by atoms with Crippen molar-refractivity contribution in [3.8, 4) is 0 Å². The summed E-state index contributed by atoms with van der Waals surface area (Å²) in [5.74, 6) is 0. The van der Waals surface area contributed by atoms with E-state index in [4.69, 9.17) is 24.1 Å². The Kier molecular flexibility index (Phi) is 10.2. The van der Waals surface area contributed by atoms with Crippen LogP contribution < -0.4 is 0 Å². The summed E-state index contributed by atoms with van der Waals surface area (Å²) >= 11 is 0. The topological polar surface area (TPSA) is 77.4 Å². The molecule has 0 bridgehead atoms. The Balaban J connectivity index is 1.48. The third-order valence-electron chi connectivity index (χ3n) is 4.85. The monoisotopic (exact) mass is 346 g/mol. The van der Waals surface area contributed by atoms with Gasteiger partial charge in [0.1, 0.15) is 0 Å². The molecule has 0 aliphatic heterocycles. The maximum absolute atomic E-state index is 9.83. The minimum absolute atomic E-state index is 0.0229. The Bertz CT molecular complexity index is 314. The average molecular weight is 346 g/mol. The van der Waals surface area contributed by atoms with Gasteiger partial charge in [-0.2, -0.15) is 0 Å². The van der Waals surface area contributed by atoms with Crippen molar-refractivity contribution in [1.29, 1.82) is 0 Å². The first kappa shape index (κ1) is 20.1. The van der Waals surface area contributed by atoms with Crippen molar-refractivity contribution >= 4 is 0 Å². The highest BCUT2D eigenvalue weighted by atomic mass is 16.6. The Hall–Kier alpha value is -0.240. The molecule has 0 radical (unpaired) electrons. The van der Waals surface area contributed by atoms with Crippen LogP contribution in [0.3, 0.4) is 0 Å². The standard InChI is InChI=1S/C18H34O6/c19-9-10-22-17-7-3-4-8-18(17)24-14-12-21-11-13-23-16-6-2-1-5-15(16)20/h15-20H,1-14H2/t15-,16+,17+,18-/m0/s1. The maximum atomic E-state index is 9.83. The fourth-order valence-electron chi connectivity index (χ4n) is 3.54. The molecule has 4 atom stereocenters. The summed E-state index contributed by atoms with van der Waals surface area (Å²) in [6.45, 7) is 2.58. The van der Waals surface area contributed by atoms with Crippen molar-refractivity contribution < 1.29 is 29.2 Å². The molecule has 2 aliphatic carbocycles. The molecule has 6 nitrogen and oxygen atoms in total. The number of ether oxygens (including phenoxy) is 4. The SMILES string of the molecule is OCCO[C@@H]1CCCC[C@@H]1OCCOCCO[C@@H]1CCCC[C@@H]1O. The van der Waals surface area contributed by atoms with Crippen LogP contribution in [-0.2, 0) is 18.9 Å². The Morgan fingerprint density at radius 3 is 1.71 bits per heavy atom. The second-order valence-electron chi connectivity index (χ2n) is 6.70. The normalized spacial score (nSPS) is 31.2. The summed E-state index contributed by atoms with van der Waals surface area (Å²) in [6, 6.07) is 0. The van der Waals surface area contributed by atoms with Gasteiger partial charge in [0, 0.05) is 0 Å². The Labute approximate surface area is 145 Å². The van der Waals surface area contributed by atoms with Gasteiger partial charge in [-0.25, -0.2) is 0 Å². The van der Waals surface area contributed by atoms with Crippen LogP contribution in [0.5, 0.6) is 0 Å². The zero-order valence-corrected chi connectivity index (χ0v) is 14.7. The van der Waals surface area contributed by atoms with E-state index in [-0.39, 0.29) is 31.0 Å². The van der Waals surface area contributed by atoms with Crippen LogP contribution in [0.2, 0.25) is 0 Å². The number of aliphatic hydroxyl groups excluding tert-OH is 2. The van der Waals surface area contributed by atoms with Crippen molar-refractivity contribution in [2.24, 2.45) is 0 Å². The highest BCUT2D eigenvalue weighted by molar-refractivity contribution is 4.77. The van der Waals surface area contributed by atoms with Crippen LogP contribution >= 0.6 is 0 Å². The zero-order valence-electron chi connectivity index (χ0n) is 14.7. The molecule has 24 heavy (non-hydrogen) atoms. The minimum atomic E-state index is -0.316. The molecule has 0 saturated heterocycles. The first-order valence-corrected chi connectivity index (χ1v) is 9.52. The summed E-state index contributed by atoms with van der Waals surface area (Å²) in [5.41, 5.74) is 0. The number of aliphatic hydroxyl groups is 2. The lowest BCUT2D eigenvalue weighted by atomic mass is 9.94. The predicted octanol–water partition coefficient (Wildman–Crippen LogP) is 1.66. The summed E-state index contributed by atoms with van der Waals surface area (Å²) in [4.78, 5) is 0. The lowest BCUT2D eigenvalue weighted by Crippen LogP contribution is -2.36. The molecule has 0 heterocycles. The first-order valence-electron chi connectivity index (χ1n) is 9.52. The van der Waals surface area contributed by atoms with E-state index in [9.17, 15) is 5.11 Å². The number of rotatable bonds is 11. The zero-order chi connectivity index (χ0) is 17.0. The van der Waals surface area contributed by atoms with Crippen molar-refractivity contribution in [3.05, 3.63) is 0 Å². The van der Waals surface area contributed by atoms with Gasteiger partial charge in [0.2, 0.25) is 0 Å². The van der Waals surface area contributed by atoms with Gasteiger partial charge in [-0.3, -0.25) is 0 Å². The molecule has 0 amide bonds. The Morgan fingerprint density at radius 1 is 0.625 bits per heavy atom. The third kappa shape index (κ3) is 7.33. The van der Waals surface area contributed by atoms with Gasteiger partial charge >= 0.3 is 0 Å². The average Bonchev–Trinajstić information content (AvgIpc) is 2.61. The molecule has 2 N–H and O–H groups in total. The van der Waals surface area contributed by atoms with Gasteiger partial charge in [0.05, 0.1) is 64.1 Å². The predicted molar refractivity (Wildman–Crippen MR) is 90.1 cm³/mol. The van der Waals surface area contributed by atoms with E-state index in [0.717, 1.165) is 44.9 Å². The lowest BCUT2D eigenvalue weighted by Gasteiger charge is -2.31.